The number of unbranched alkanes of at least 4 members (excludes halogenated alkanes) is 6. The van der Waals surface area contributed by atoms with Crippen molar-refractivity contribution in [3.05, 3.63) is 83.7 Å². The molecule has 0 radical (unpaired) electrons. The number of rotatable bonds is 20. The number of benzene rings is 3. The summed E-state index contributed by atoms with van der Waals surface area (Å²) in [4.78, 5) is 36.3. The highest BCUT2D eigenvalue weighted by atomic mass is 19.4. The lowest BCUT2D eigenvalue weighted by atomic mass is 10.0. The van der Waals surface area contributed by atoms with Crippen molar-refractivity contribution in [1.29, 1.82) is 0 Å². The fourth-order valence-electron chi connectivity index (χ4n) is 4.89. The summed E-state index contributed by atoms with van der Waals surface area (Å²) < 4.78 is 124. The molecule has 0 aliphatic rings. The number of halogens is 8. The minimum atomic E-state index is -6.62. The van der Waals surface area contributed by atoms with Crippen LogP contribution in [-0.2, 0) is 14.3 Å². The zero-order valence-electron chi connectivity index (χ0n) is 29.1. The van der Waals surface area contributed by atoms with Crippen LogP contribution in [0.5, 0.6) is 11.5 Å². The minimum Gasteiger partial charge on any atom is -0.494 e. The van der Waals surface area contributed by atoms with Crippen molar-refractivity contribution in [3.8, 4) is 22.6 Å². The van der Waals surface area contributed by atoms with Gasteiger partial charge in [0, 0.05) is 0 Å². The first-order valence-electron chi connectivity index (χ1n) is 17.0. The lowest BCUT2D eigenvalue weighted by Crippen LogP contribution is -2.56. The molecule has 0 bridgehead atoms. The summed E-state index contributed by atoms with van der Waals surface area (Å²) >= 11 is 0. The van der Waals surface area contributed by atoms with Gasteiger partial charge in [-0.15, -0.1) is 0 Å². The highest BCUT2D eigenvalue weighted by Crippen LogP contribution is 2.47. The van der Waals surface area contributed by atoms with E-state index in [0.29, 0.717) is 31.4 Å². The van der Waals surface area contributed by atoms with Crippen molar-refractivity contribution in [2.75, 3.05) is 13.2 Å². The summed E-state index contributed by atoms with van der Waals surface area (Å²) in [6, 6.07) is 16.8. The number of ether oxygens (including phenoxy) is 4. The third-order valence-corrected chi connectivity index (χ3v) is 8.00. The molecule has 0 unspecified atom stereocenters. The monoisotopic (exact) mass is 760 g/mol. The van der Waals surface area contributed by atoms with E-state index < -0.39 is 48.4 Å². The van der Waals surface area contributed by atoms with Crippen LogP contribution in [0.15, 0.2) is 66.7 Å². The molecule has 0 N–H and O–H groups in total. The molecule has 53 heavy (non-hydrogen) atoms. The zero-order valence-corrected chi connectivity index (χ0v) is 29.1. The van der Waals surface area contributed by atoms with Crippen LogP contribution in [0.2, 0.25) is 0 Å². The van der Waals surface area contributed by atoms with Crippen molar-refractivity contribution in [2.45, 2.75) is 95.8 Å². The Balaban J connectivity index is 1.39. The summed E-state index contributed by atoms with van der Waals surface area (Å²) in [7, 11) is 0. The lowest BCUT2D eigenvalue weighted by Gasteiger charge is -2.26. The van der Waals surface area contributed by atoms with Gasteiger partial charge in [-0.05, 0) is 99.0 Å². The van der Waals surface area contributed by atoms with Crippen LogP contribution < -0.4 is 9.47 Å². The summed E-state index contributed by atoms with van der Waals surface area (Å²) in [6.07, 6.45) is -0.854. The first-order valence-corrected chi connectivity index (χ1v) is 17.0. The van der Waals surface area contributed by atoms with Gasteiger partial charge in [-0.3, -0.25) is 0 Å². The molecule has 7 nitrogen and oxygen atoms in total. The molecule has 3 aromatic carbocycles. The zero-order chi connectivity index (χ0) is 39.2. The normalized spacial score (nSPS) is 12.6. The molecule has 0 amide bonds. The maximum Gasteiger partial charge on any atom is 0.460 e. The van der Waals surface area contributed by atoms with Crippen molar-refractivity contribution in [1.82, 2.24) is 0 Å². The molecular weight excluding hydrogens is 720 g/mol. The van der Waals surface area contributed by atoms with Crippen molar-refractivity contribution in [2.24, 2.45) is 0 Å². The molecule has 0 saturated heterocycles. The van der Waals surface area contributed by atoms with Gasteiger partial charge < -0.3 is 18.9 Å². The average Bonchev–Trinajstić information content (AvgIpc) is 3.11. The predicted octanol–water partition coefficient (Wildman–Crippen LogP) is 10.5. The van der Waals surface area contributed by atoms with Crippen LogP contribution in [0.1, 0.15) is 92.4 Å². The smallest absolute Gasteiger partial charge is 0.460 e. The van der Waals surface area contributed by atoms with Gasteiger partial charge in [-0.25, -0.2) is 18.8 Å². The van der Waals surface area contributed by atoms with E-state index in [1.165, 1.54) is 24.3 Å². The number of esters is 3. The summed E-state index contributed by atoms with van der Waals surface area (Å²) in [5.74, 6) is -17.7. The molecule has 3 aromatic rings. The second kappa shape index (κ2) is 19.4. The Bertz CT molecular complexity index is 1640. The van der Waals surface area contributed by atoms with Crippen LogP contribution in [0.4, 0.5) is 35.1 Å². The van der Waals surface area contributed by atoms with E-state index in [4.69, 9.17) is 14.2 Å². The number of carbonyl (C=O) groups excluding carboxylic acids is 3. The van der Waals surface area contributed by atoms with Crippen molar-refractivity contribution >= 4 is 17.9 Å². The van der Waals surface area contributed by atoms with Crippen LogP contribution in [-0.4, -0.2) is 55.2 Å². The Morgan fingerprint density at radius 1 is 0.679 bits per heavy atom. The molecule has 0 heterocycles. The predicted molar refractivity (Wildman–Crippen MR) is 178 cm³/mol. The fraction of sp³-hybridized carbons (Fsp3) is 0.447. The second-order valence-corrected chi connectivity index (χ2v) is 12.2. The van der Waals surface area contributed by atoms with Crippen LogP contribution in [0.25, 0.3) is 11.1 Å². The third-order valence-electron chi connectivity index (χ3n) is 8.00. The maximum atomic E-state index is 14.7. The van der Waals surface area contributed by atoms with Gasteiger partial charge >= 0.3 is 35.9 Å². The Kier molecular flexibility index (Phi) is 15.6. The summed E-state index contributed by atoms with van der Waals surface area (Å²) in [5, 5.41) is 0. The van der Waals surface area contributed by atoms with Gasteiger partial charge in [0.1, 0.15) is 5.75 Å². The fourth-order valence-corrected chi connectivity index (χ4v) is 4.89. The van der Waals surface area contributed by atoms with Gasteiger partial charge in [-0.1, -0.05) is 50.5 Å². The molecule has 0 saturated carbocycles. The summed E-state index contributed by atoms with van der Waals surface area (Å²) in [6.45, 7) is 3.38. The molecule has 0 spiro atoms. The molecule has 0 fully saturated rings. The largest absolute Gasteiger partial charge is 0.494 e. The third kappa shape index (κ3) is 12.2. The minimum absolute atomic E-state index is 0.00370. The number of hydrogen-bond acceptors (Lipinski definition) is 7. The molecule has 0 aliphatic heterocycles. The molecule has 0 aliphatic carbocycles. The number of alkyl halides is 7. The second-order valence-electron chi connectivity index (χ2n) is 12.2. The van der Waals surface area contributed by atoms with Gasteiger partial charge in [0.2, 0.25) is 0 Å². The standard InChI is InChI=1S/C38H40F8O7/c1-3-4-5-8-11-25(2)52-34(48)29-18-21-32(31(39)24-29)53-33(47)28-14-12-26(13-15-28)27-16-19-30(20-17-27)50-22-9-6-7-10-23-51-35(49)36(40,41)37(42,43)38(44,45)46/h12-21,24-25H,3-11,22-23H2,1-2H3/t25-/m0/s1. The van der Waals surface area contributed by atoms with E-state index >= 15 is 0 Å². The van der Waals surface area contributed by atoms with E-state index in [1.54, 1.807) is 43.3 Å². The Labute approximate surface area is 301 Å². The van der Waals surface area contributed by atoms with E-state index in [2.05, 4.69) is 11.7 Å². The van der Waals surface area contributed by atoms with Gasteiger partial charge in [0.05, 0.1) is 30.4 Å². The molecule has 290 valence electrons. The maximum absolute atomic E-state index is 14.7. The van der Waals surface area contributed by atoms with Crippen molar-refractivity contribution < 1.29 is 68.5 Å². The molecular formula is C38H40F8O7. The number of hydrogen-bond donors (Lipinski definition) is 0. The van der Waals surface area contributed by atoms with E-state index in [9.17, 15) is 49.5 Å². The van der Waals surface area contributed by atoms with Crippen LogP contribution >= 0.6 is 0 Å². The topological polar surface area (TPSA) is 88.1 Å². The lowest BCUT2D eigenvalue weighted by molar-refractivity contribution is -0.348. The van der Waals surface area contributed by atoms with E-state index in [-0.39, 0.29) is 36.0 Å². The molecule has 0 aromatic heterocycles. The Morgan fingerprint density at radius 3 is 1.83 bits per heavy atom. The summed E-state index contributed by atoms with van der Waals surface area (Å²) in [5.41, 5.74) is 1.70. The quantitative estimate of drug-likeness (QED) is 0.0490. The molecule has 3 rings (SSSR count). The molecule has 1 atom stereocenters. The Hall–Kier alpha value is -4.69. The SMILES string of the molecule is CCCCCC[C@H](C)OC(=O)c1ccc(OC(=O)c2ccc(-c3ccc(OCCCCCCOC(=O)C(F)(F)C(F)(F)C(F)(F)F)cc3)cc2)c(F)c1. The van der Waals surface area contributed by atoms with Crippen molar-refractivity contribution in [3.63, 3.8) is 0 Å². The number of carbonyl (C=O) groups is 3. The van der Waals surface area contributed by atoms with Crippen LogP contribution in [0, 0.1) is 5.82 Å². The van der Waals surface area contributed by atoms with Gasteiger partial charge in [-0.2, -0.15) is 30.7 Å². The first-order chi connectivity index (χ1) is 25.0. The Morgan fingerprint density at radius 2 is 1.25 bits per heavy atom. The van der Waals surface area contributed by atoms with Crippen LogP contribution in [0.3, 0.4) is 0 Å². The average molecular weight is 761 g/mol. The van der Waals surface area contributed by atoms with E-state index in [0.717, 1.165) is 42.9 Å². The van der Waals surface area contributed by atoms with Gasteiger partial charge in [0.15, 0.2) is 11.6 Å². The highest BCUT2D eigenvalue weighted by Gasteiger charge is 2.77. The first kappa shape index (κ1) is 42.7. The highest BCUT2D eigenvalue weighted by molar-refractivity contribution is 5.92. The van der Waals surface area contributed by atoms with E-state index in [1.807, 2.05) is 0 Å². The molecule has 15 heteroatoms. The van der Waals surface area contributed by atoms with Gasteiger partial charge in [0.25, 0.3) is 0 Å².